The molecule has 1 amide bonds. The minimum absolute atomic E-state index is 0.0417. The minimum atomic E-state index is -0.235. The molecule has 27 heavy (non-hydrogen) atoms. The fourth-order valence-corrected chi connectivity index (χ4v) is 4.20. The third-order valence-electron chi connectivity index (χ3n) is 5.49. The molecule has 0 saturated carbocycles. The first-order chi connectivity index (χ1) is 13.0. The van der Waals surface area contributed by atoms with Crippen LogP contribution in [-0.4, -0.2) is 60.4 Å². The lowest BCUT2D eigenvalue weighted by molar-refractivity contribution is 0.0133. The molecule has 0 radical (unpaired) electrons. The van der Waals surface area contributed by atoms with E-state index in [2.05, 4.69) is 15.1 Å². The number of H-pyrrole nitrogens is 1. The number of aryl methyl sites for hydroxylation is 1. The number of rotatable bonds is 2. The van der Waals surface area contributed by atoms with E-state index in [1.165, 1.54) is 6.07 Å². The van der Waals surface area contributed by atoms with Gasteiger partial charge in [0, 0.05) is 43.0 Å². The summed E-state index contributed by atoms with van der Waals surface area (Å²) in [5.41, 5.74) is 2.05. The second kappa shape index (κ2) is 7.31. The van der Waals surface area contributed by atoms with Crippen molar-refractivity contribution >= 4 is 11.6 Å². The number of amides is 1. The highest BCUT2D eigenvalue weighted by Gasteiger charge is 2.40. The minimum Gasteiger partial charge on any atom is -0.379 e. The molecular formula is C20H25FN4O2. The summed E-state index contributed by atoms with van der Waals surface area (Å²) >= 11 is 0. The highest BCUT2D eigenvalue weighted by molar-refractivity contribution is 5.92. The van der Waals surface area contributed by atoms with Crippen molar-refractivity contribution in [2.45, 2.75) is 19.8 Å². The predicted octanol–water partition coefficient (Wildman–Crippen LogP) is 2.62. The number of carbonyl (C=O) groups excluding carboxylic acids is 1. The highest BCUT2D eigenvalue weighted by Crippen LogP contribution is 2.35. The fraction of sp³-hybridized carbons (Fsp3) is 0.500. The molecule has 7 heteroatoms. The van der Waals surface area contributed by atoms with Crippen molar-refractivity contribution in [1.29, 1.82) is 0 Å². The number of aromatic amines is 1. The van der Waals surface area contributed by atoms with Crippen LogP contribution in [0, 0.1) is 18.2 Å². The maximum atomic E-state index is 13.7. The third kappa shape index (κ3) is 3.83. The summed E-state index contributed by atoms with van der Waals surface area (Å²) in [6.07, 6.45) is 1.91. The zero-order valence-electron chi connectivity index (χ0n) is 15.6. The van der Waals surface area contributed by atoms with Crippen LogP contribution in [-0.2, 0) is 4.74 Å². The van der Waals surface area contributed by atoms with Crippen LogP contribution in [0.25, 0.3) is 0 Å². The topological polar surface area (TPSA) is 61.5 Å². The lowest BCUT2D eigenvalue weighted by Gasteiger charge is -2.43. The van der Waals surface area contributed by atoms with Crippen LogP contribution in [0.3, 0.4) is 0 Å². The number of hydrogen-bond donors (Lipinski definition) is 1. The van der Waals surface area contributed by atoms with Gasteiger partial charge in [-0.1, -0.05) is 6.07 Å². The summed E-state index contributed by atoms with van der Waals surface area (Å²) in [6, 6.07) is 8.48. The van der Waals surface area contributed by atoms with Crippen molar-refractivity contribution in [1.82, 2.24) is 15.1 Å². The van der Waals surface area contributed by atoms with Crippen molar-refractivity contribution in [2.24, 2.45) is 5.41 Å². The molecule has 144 valence electrons. The van der Waals surface area contributed by atoms with Crippen molar-refractivity contribution < 1.29 is 13.9 Å². The summed E-state index contributed by atoms with van der Waals surface area (Å²) in [6.45, 7) is 5.93. The Kier molecular flexibility index (Phi) is 4.86. The molecule has 2 fully saturated rings. The van der Waals surface area contributed by atoms with Crippen LogP contribution in [0.1, 0.15) is 29.0 Å². The Balaban J connectivity index is 1.54. The number of anilines is 1. The van der Waals surface area contributed by atoms with Gasteiger partial charge in [-0.3, -0.25) is 9.89 Å². The Bertz CT molecular complexity index is 824. The largest absolute Gasteiger partial charge is 0.379 e. The van der Waals surface area contributed by atoms with E-state index in [0.29, 0.717) is 25.5 Å². The molecule has 2 aliphatic heterocycles. The number of nitrogens with zero attached hydrogens (tertiary/aromatic N) is 3. The van der Waals surface area contributed by atoms with Crippen LogP contribution in [0.2, 0.25) is 0 Å². The highest BCUT2D eigenvalue weighted by atomic mass is 19.1. The van der Waals surface area contributed by atoms with Gasteiger partial charge >= 0.3 is 0 Å². The van der Waals surface area contributed by atoms with E-state index in [4.69, 9.17) is 4.74 Å². The predicted molar refractivity (Wildman–Crippen MR) is 100 cm³/mol. The first-order valence-electron chi connectivity index (χ1n) is 9.44. The molecule has 2 aromatic rings. The summed E-state index contributed by atoms with van der Waals surface area (Å²) < 4.78 is 19.6. The average Bonchev–Trinajstić information content (AvgIpc) is 3.00. The Morgan fingerprint density at radius 3 is 2.96 bits per heavy atom. The average molecular weight is 372 g/mol. The number of piperidine rings is 1. The zero-order valence-corrected chi connectivity index (χ0v) is 15.6. The first kappa shape index (κ1) is 18.0. The van der Waals surface area contributed by atoms with E-state index < -0.39 is 0 Å². The van der Waals surface area contributed by atoms with Crippen molar-refractivity contribution in [3.8, 4) is 0 Å². The van der Waals surface area contributed by atoms with E-state index in [9.17, 15) is 9.18 Å². The van der Waals surface area contributed by atoms with Gasteiger partial charge in [-0.05, 0) is 44.0 Å². The number of halogens is 1. The van der Waals surface area contributed by atoms with Gasteiger partial charge in [0.25, 0.3) is 5.91 Å². The maximum absolute atomic E-state index is 13.7. The third-order valence-corrected chi connectivity index (χ3v) is 5.49. The fourth-order valence-electron chi connectivity index (χ4n) is 4.20. The Labute approximate surface area is 158 Å². The molecule has 1 atom stereocenters. The summed E-state index contributed by atoms with van der Waals surface area (Å²) in [5.74, 6) is -0.277. The van der Waals surface area contributed by atoms with E-state index in [-0.39, 0.29) is 17.1 Å². The first-order valence-corrected chi connectivity index (χ1v) is 9.44. The van der Waals surface area contributed by atoms with Gasteiger partial charge in [-0.15, -0.1) is 0 Å². The van der Waals surface area contributed by atoms with Gasteiger partial charge in [-0.2, -0.15) is 5.10 Å². The second-order valence-electron chi connectivity index (χ2n) is 7.72. The maximum Gasteiger partial charge on any atom is 0.274 e. The van der Waals surface area contributed by atoms with E-state index in [0.717, 1.165) is 43.9 Å². The second-order valence-corrected chi connectivity index (χ2v) is 7.72. The molecule has 1 spiro atoms. The molecule has 3 heterocycles. The molecule has 0 bridgehead atoms. The smallest absolute Gasteiger partial charge is 0.274 e. The monoisotopic (exact) mass is 372 g/mol. The lowest BCUT2D eigenvalue weighted by atomic mass is 9.80. The number of benzene rings is 1. The quantitative estimate of drug-likeness (QED) is 0.880. The SMILES string of the molecule is Cc1cc(C(=O)N2CCCC3(COCCN(c4cccc(F)c4)C3)C2)n[nH]1. The summed E-state index contributed by atoms with van der Waals surface area (Å²) in [7, 11) is 0. The van der Waals surface area contributed by atoms with E-state index in [1.807, 2.05) is 17.9 Å². The van der Waals surface area contributed by atoms with Crippen LogP contribution in [0.5, 0.6) is 0 Å². The zero-order chi connectivity index (χ0) is 18.9. The molecule has 2 aliphatic rings. The molecule has 1 aromatic carbocycles. The number of nitrogens with one attached hydrogen (secondary N) is 1. The van der Waals surface area contributed by atoms with Gasteiger partial charge in [-0.25, -0.2) is 4.39 Å². The lowest BCUT2D eigenvalue weighted by Crippen LogP contribution is -2.52. The molecule has 1 N–H and O–H groups in total. The molecule has 4 rings (SSSR count). The Hall–Kier alpha value is -2.41. The number of likely N-dealkylation sites (tertiary alicyclic amines) is 1. The van der Waals surface area contributed by atoms with Crippen LogP contribution in [0.15, 0.2) is 30.3 Å². The van der Waals surface area contributed by atoms with Gasteiger partial charge in [0.05, 0.1) is 13.2 Å². The van der Waals surface area contributed by atoms with Crippen molar-refractivity contribution in [3.05, 3.63) is 47.5 Å². The molecule has 1 unspecified atom stereocenters. The standard InChI is InChI=1S/C20H25FN4O2/c1-15-10-18(23-22-15)19(26)25-7-3-6-20(13-25)12-24(8-9-27-14-20)17-5-2-4-16(21)11-17/h2,4-5,10-11H,3,6-9,12-14H2,1H3,(H,22,23). The summed E-state index contributed by atoms with van der Waals surface area (Å²) in [4.78, 5) is 16.9. The number of hydrogen-bond acceptors (Lipinski definition) is 4. The van der Waals surface area contributed by atoms with Crippen LogP contribution < -0.4 is 4.90 Å². The van der Waals surface area contributed by atoms with Crippen LogP contribution in [0.4, 0.5) is 10.1 Å². The van der Waals surface area contributed by atoms with E-state index >= 15 is 0 Å². The Morgan fingerprint density at radius 1 is 1.30 bits per heavy atom. The van der Waals surface area contributed by atoms with Gasteiger partial charge in [0.2, 0.25) is 0 Å². The van der Waals surface area contributed by atoms with Crippen molar-refractivity contribution in [2.75, 3.05) is 44.3 Å². The van der Waals surface area contributed by atoms with Gasteiger partial charge < -0.3 is 14.5 Å². The number of aromatic nitrogens is 2. The van der Waals surface area contributed by atoms with E-state index in [1.54, 1.807) is 18.2 Å². The van der Waals surface area contributed by atoms with Gasteiger partial charge in [0.15, 0.2) is 0 Å². The number of carbonyl (C=O) groups is 1. The molecule has 6 nitrogen and oxygen atoms in total. The molecule has 2 saturated heterocycles. The van der Waals surface area contributed by atoms with Crippen LogP contribution >= 0.6 is 0 Å². The molecular weight excluding hydrogens is 347 g/mol. The molecule has 1 aromatic heterocycles. The van der Waals surface area contributed by atoms with Gasteiger partial charge in [0.1, 0.15) is 11.5 Å². The Morgan fingerprint density at radius 2 is 2.19 bits per heavy atom. The summed E-state index contributed by atoms with van der Waals surface area (Å²) in [5, 5.41) is 6.95. The number of ether oxygens (including phenoxy) is 1. The molecule has 0 aliphatic carbocycles. The normalized spacial score (nSPS) is 23.5. The van der Waals surface area contributed by atoms with Crippen molar-refractivity contribution in [3.63, 3.8) is 0 Å².